The molecule has 2 N–H and O–H groups in total. The molecule has 0 heterocycles. The summed E-state index contributed by atoms with van der Waals surface area (Å²) in [6.45, 7) is 11.6. The predicted molar refractivity (Wildman–Crippen MR) is 156 cm³/mol. The summed E-state index contributed by atoms with van der Waals surface area (Å²) >= 11 is 0. The van der Waals surface area contributed by atoms with E-state index in [9.17, 15) is 19.1 Å². The van der Waals surface area contributed by atoms with Gasteiger partial charge in [0.15, 0.2) is 0 Å². The van der Waals surface area contributed by atoms with Crippen LogP contribution in [-0.2, 0) is 32.2 Å². The SMILES string of the molecule is CCOCCC(C)N(Cc1cccc(F)c1)Cc1cc(Oc2c(C)cc(NC(=O)C(=O)OCC)cc2C)ccc1O. The van der Waals surface area contributed by atoms with Crippen molar-refractivity contribution in [1.29, 1.82) is 0 Å². The van der Waals surface area contributed by atoms with Gasteiger partial charge in [-0.15, -0.1) is 0 Å². The number of nitrogens with zero attached hydrogens (tertiary/aromatic N) is 1. The van der Waals surface area contributed by atoms with Crippen molar-refractivity contribution in [2.24, 2.45) is 0 Å². The third-order valence-electron chi connectivity index (χ3n) is 6.61. The number of hydrogen-bond acceptors (Lipinski definition) is 7. The fourth-order valence-corrected chi connectivity index (χ4v) is 4.47. The van der Waals surface area contributed by atoms with Crippen LogP contribution in [0.5, 0.6) is 17.2 Å². The number of esters is 1. The van der Waals surface area contributed by atoms with Crippen molar-refractivity contribution in [1.82, 2.24) is 4.90 Å². The van der Waals surface area contributed by atoms with Gasteiger partial charge in [-0.25, -0.2) is 9.18 Å². The van der Waals surface area contributed by atoms with Crippen LogP contribution in [0.3, 0.4) is 0 Å². The zero-order chi connectivity index (χ0) is 29.9. The van der Waals surface area contributed by atoms with E-state index in [-0.39, 0.29) is 24.2 Å². The summed E-state index contributed by atoms with van der Waals surface area (Å²) in [7, 11) is 0. The molecule has 220 valence electrons. The summed E-state index contributed by atoms with van der Waals surface area (Å²) in [5.41, 5.74) is 3.44. The zero-order valence-electron chi connectivity index (χ0n) is 24.3. The Hall–Kier alpha value is -3.95. The second-order valence-electron chi connectivity index (χ2n) is 9.88. The number of benzene rings is 3. The Labute approximate surface area is 241 Å². The number of halogens is 1. The first-order chi connectivity index (χ1) is 19.6. The fourth-order valence-electron chi connectivity index (χ4n) is 4.47. The molecule has 1 amide bonds. The molecule has 9 heteroatoms. The number of carbonyl (C=O) groups excluding carboxylic acids is 2. The summed E-state index contributed by atoms with van der Waals surface area (Å²) < 4.78 is 30.4. The van der Waals surface area contributed by atoms with Crippen molar-refractivity contribution < 1.29 is 33.3 Å². The van der Waals surface area contributed by atoms with E-state index >= 15 is 0 Å². The fraction of sp³-hybridized carbons (Fsp3) is 0.375. The van der Waals surface area contributed by atoms with Crippen LogP contribution in [0.2, 0.25) is 0 Å². The first-order valence-electron chi connectivity index (χ1n) is 13.8. The highest BCUT2D eigenvalue weighted by atomic mass is 19.1. The Bertz CT molecular complexity index is 1320. The van der Waals surface area contributed by atoms with Gasteiger partial charge < -0.3 is 24.6 Å². The number of hydrogen-bond donors (Lipinski definition) is 2. The number of phenols is 1. The van der Waals surface area contributed by atoms with Crippen molar-refractivity contribution >= 4 is 17.6 Å². The highest BCUT2D eigenvalue weighted by molar-refractivity contribution is 6.37. The molecule has 3 aromatic carbocycles. The summed E-state index contributed by atoms with van der Waals surface area (Å²) in [5.74, 6) is -0.833. The summed E-state index contributed by atoms with van der Waals surface area (Å²) in [6.07, 6.45) is 0.775. The molecular formula is C32H39FN2O6. The van der Waals surface area contributed by atoms with Crippen LogP contribution in [-0.4, -0.2) is 47.7 Å². The smallest absolute Gasteiger partial charge is 0.397 e. The van der Waals surface area contributed by atoms with Gasteiger partial charge in [0.25, 0.3) is 0 Å². The number of aromatic hydroxyl groups is 1. The third kappa shape index (κ3) is 9.30. The molecule has 0 bridgehead atoms. The molecule has 0 aliphatic heterocycles. The molecule has 0 saturated carbocycles. The highest BCUT2D eigenvalue weighted by Crippen LogP contribution is 2.34. The molecule has 3 rings (SSSR count). The number of rotatable bonds is 13. The Morgan fingerprint density at radius 3 is 2.39 bits per heavy atom. The lowest BCUT2D eigenvalue weighted by molar-refractivity contribution is -0.152. The molecule has 0 saturated heterocycles. The molecule has 0 spiro atoms. The van der Waals surface area contributed by atoms with E-state index < -0.39 is 11.9 Å². The summed E-state index contributed by atoms with van der Waals surface area (Å²) in [4.78, 5) is 25.9. The lowest BCUT2D eigenvalue weighted by Crippen LogP contribution is -2.33. The maximum absolute atomic E-state index is 13.9. The number of ether oxygens (including phenoxy) is 3. The van der Waals surface area contributed by atoms with E-state index in [1.165, 1.54) is 12.1 Å². The molecule has 0 fully saturated rings. The molecule has 8 nitrogen and oxygen atoms in total. The van der Waals surface area contributed by atoms with Crippen molar-refractivity contribution in [3.63, 3.8) is 0 Å². The first-order valence-corrected chi connectivity index (χ1v) is 13.8. The van der Waals surface area contributed by atoms with Gasteiger partial charge in [0.05, 0.1) is 6.61 Å². The molecule has 0 aliphatic rings. The van der Waals surface area contributed by atoms with Crippen molar-refractivity contribution in [2.75, 3.05) is 25.1 Å². The van der Waals surface area contributed by atoms with Crippen LogP contribution < -0.4 is 10.1 Å². The van der Waals surface area contributed by atoms with Crippen LogP contribution in [0.25, 0.3) is 0 Å². The number of carbonyl (C=O) groups is 2. The minimum Gasteiger partial charge on any atom is -0.508 e. The molecule has 41 heavy (non-hydrogen) atoms. The molecule has 0 aliphatic carbocycles. The molecule has 1 unspecified atom stereocenters. The van der Waals surface area contributed by atoms with Crippen LogP contribution in [0, 0.1) is 19.7 Å². The molecule has 1 atom stereocenters. The van der Waals surface area contributed by atoms with Gasteiger partial charge in [-0.05, 0) is 100 Å². The van der Waals surface area contributed by atoms with Gasteiger partial charge in [-0.3, -0.25) is 9.69 Å². The van der Waals surface area contributed by atoms with Gasteiger partial charge >= 0.3 is 11.9 Å². The van der Waals surface area contributed by atoms with Crippen molar-refractivity contribution in [2.45, 2.75) is 60.2 Å². The number of aryl methyl sites for hydroxylation is 2. The van der Waals surface area contributed by atoms with E-state index in [0.29, 0.717) is 49.1 Å². The molecule has 3 aromatic rings. The van der Waals surface area contributed by atoms with E-state index in [0.717, 1.165) is 23.1 Å². The molecule has 0 aromatic heterocycles. The van der Waals surface area contributed by atoms with E-state index in [2.05, 4.69) is 17.1 Å². The number of nitrogens with one attached hydrogen (secondary N) is 1. The zero-order valence-corrected chi connectivity index (χ0v) is 24.3. The van der Waals surface area contributed by atoms with E-state index in [1.54, 1.807) is 43.3 Å². The van der Waals surface area contributed by atoms with Gasteiger partial charge in [0, 0.05) is 43.6 Å². The third-order valence-corrected chi connectivity index (χ3v) is 6.61. The minimum atomic E-state index is -0.946. The maximum atomic E-state index is 13.9. The van der Waals surface area contributed by atoms with Crippen LogP contribution in [0.15, 0.2) is 54.6 Å². The lowest BCUT2D eigenvalue weighted by atomic mass is 10.1. The Morgan fingerprint density at radius 1 is 1.00 bits per heavy atom. The van der Waals surface area contributed by atoms with Gasteiger partial charge in [-0.1, -0.05) is 12.1 Å². The topological polar surface area (TPSA) is 97.3 Å². The number of amides is 1. The summed E-state index contributed by atoms with van der Waals surface area (Å²) in [6, 6.07) is 15.1. The standard InChI is InChI=1S/C32H39FN2O6/c1-6-39-14-13-23(5)35(19-24-9-8-10-26(33)17-24)20-25-18-28(11-12-29(25)36)41-30-21(3)15-27(16-22(30)4)34-31(37)32(38)40-7-2/h8-12,15-18,23,36H,6-7,13-14,19-20H2,1-5H3,(H,34,37). The number of anilines is 1. The minimum absolute atomic E-state index is 0.0932. The average Bonchev–Trinajstić information content (AvgIpc) is 2.92. The van der Waals surface area contributed by atoms with E-state index in [4.69, 9.17) is 14.2 Å². The maximum Gasteiger partial charge on any atom is 0.397 e. The van der Waals surface area contributed by atoms with Crippen LogP contribution in [0.4, 0.5) is 10.1 Å². The Balaban J connectivity index is 1.81. The van der Waals surface area contributed by atoms with Crippen LogP contribution >= 0.6 is 0 Å². The van der Waals surface area contributed by atoms with E-state index in [1.807, 2.05) is 26.8 Å². The monoisotopic (exact) mass is 566 g/mol. The molecule has 0 radical (unpaired) electrons. The summed E-state index contributed by atoms with van der Waals surface area (Å²) in [5, 5.41) is 13.3. The normalized spacial score (nSPS) is 11.8. The van der Waals surface area contributed by atoms with Gasteiger partial charge in [0.2, 0.25) is 0 Å². The van der Waals surface area contributed by atoms with Gasteiger partial charge in [0.1, 0.15) is 23.1 Å². The Kier molecular flexibility index (Phi) is 11.7. The predicted octanol–water partition coefficient (Wildman–Crippen LogP) is 6.26. The lowest BCUT2D eigenvalue weighted by Gasteiger charge is -2.30. The van der Waals surface area contributed by atoms with Crippen molar-refractivity contribution in [3.8, 4) is 17.2 Å². The van der Waals surface area contributed by atoms with Gasteiger partial charge in [-0.2, -0.15) is 0 Å². The second kappa shape index (κ2) is 15.2. The molecular weight excluding hydrogens is 527 g/mol. The average molecular weight is 567 g/mol. The number of phenolic OH excluding ortho intramolecular Hbond substituents is 1. The Morgan fingerprint density at radius 2 is 1.73 bits per heavy atom. The quantitative estimate of drug-likeness (QED) is 0.143. The van der Waals surface area contributed by atoms with Crippen LogP contribution in [0.1, 0.15) is 49.4 Å². The highest BCUT2D eigenvalue weighted by Gasteiger charge is 2.19. The second-order valence-corrected chi connectivity index (χ2v) is 9.88. The largest absolute Gasteiger partial charge is 0.508 e. The first kappa shape index (κ1) is 31.6. The van der Waals surface area contributed by atoms with Crippen molar-refractivity contribution in [3.05, 3.63) is 82.7 Å².